The first-order valence-electron chi connectivity index (χ1n) is 6.75. The minimum atomic E-state index is 0. The molecule has 0 saturated carbocycles. The lowest BCUT2D eigenvalue weighted by atomic mass is 9.90. The third-order valence-corrected chi connectivity index (χ3v) is 4.74. The number of nitrogens with two attached hydrogens (primary N) is 1. The Bertz CT molecular complexity index is 469. The summed E-state index contributed by atoms with van der Waals surface area (Å²) in [5.41, 5.74) is 7.08. The molecular formula is C15H22BrClN2O. The number of benzene rings is 1. The first-order valence-corrected chi connectivity index (χ1v) is 7.55. The summed E-state index contributed by atoms with van der Waals surface area (Å²) >= 11 is 3.52. The first-order chi connectivity index (χ1) is 9.04. The van der Waals surface area contributed by atoms with Crippen LogP contribution in [0.25, 0.3) is 0 Å². The van der Waals surface area contributed by atoms with Crippen LogP contribution in [0.5, 0.6) is 0 Å². The van der Waals surface area contributed by atoms with E-state index in [2.05, 4.69) is 28.9 Å². The number of halogens is 2. The van der Waals surface area contributed by atoms with Crippen molar-refractivity contribution < 1.29 is 4.79 Å². The molecule has 2 N–H and O–H groups in total. The van der Waals surface area contributed by atoms with Crippen molar-refractivity contribution in [3.63, 3.8) is 0 Å². The van der Waals surface area contributed by atoms with Gasteiger partial charge in [-0.3, -0.25) is 4.79 Å². The Balaban J connectivity index is 0.00000200. The molecule has 0 radical (unpaired) electrons. The van der Waals surface area contributed by atoms with Crippen LogP contribution < -0.4 is 5.73 Å². The summed E-state index contributed by atoms with van der Waals surface area (Å²) < 4.78 is 1.08. The van der Waals surface area contributed by atoms with E-state index < -0.39 is 0 Å². The van der Waals surface area contributed by atoms with Crippen molar-refractivity contribution in [2.24, 2.45) is 11.1 Å². The van der Waals surface area contributed by atoms with Gasteiger partial charge >= 0.3 is 0 Å². The highest BCUT2D eigenvalue weighted by atomic mass is 79.9. The fraction of sp³-hybridized carbons (Fsp3) is 0.533. The van der Waals surface area contributed by atoms with Crippen LogP contribution in [-0.2, 0) is 11.2 Å². The van der Waals surface area contributed by atoms with Gasteiger partial charge in [0, 0.05) is 24.0 Å². The van der Waals surface area contributed by atoms with E-state index in [0.29, 0.717) is 13.0 Å². The van der Waals surface area contributed by atoms with E-state index in [1.54, 1.807) is 0 Å². The molecule has 1 amide bonds. The largest absolute Gasteiger partial charge is 0.342 e. The Kier molecular flexibility index (Phi) is 6.49. The van der Waals surface area contributed by atoms with Crippen molar-refractivity contribution in [2.75, 3.05) is 19.6 Å². The molecule has 1 saturated heterocycles. The average molecular weight is 362 g/mol. The van der Waals surface area contributed by atoms with Crippen LogP contribution in [0, 0.1) is 5.41 Å². The van der Waals surface area contributed by atoms with Crippen LogP contribution >= 0.6 is 28.3 Å². The highest BCUT2D eigenvalue weighted by Crippen LogP contribution is 2.29. The van der Waals surface area contributed by atoms with E-state index in [1.807, 2.05) is 23.1 Å². The maximum absolute atomic E-state index is 12.2. The SMILES string of the molecule is CC1(CN)CCN(C(=O)CCc2ccccc2Br)C1.Cl. The molecule has 1 unspecified atom stereocenters. The molecule has 1 aromatic carbocycles. The Morgan fingerprint density at radius 3 is 2.75 bits per heavy atom. The third kappa shape index (κ3) is 4.21. The molecule has 1 heterocycles. The molecule has 20 heavy (non-hydrogen) atoms. The zero-order valence-electron chi connectivity index (χ0n) is 11.8. The number of hydrogen-bond acceptors (Lipinski definition) is 2. The summed E-state index contributed by atoms with van der Waals surface area (Å²) in [5, 5.41) is 0. The van der Waals surface area contributed by atoms with Gasteiger partial charge in [0.15, 0.2) is 0 Å². The molecular weight excluding hydrogens is 340 g/mol. The average Bonchev–Trinajstić information content (AvgIpc) is 2.81. The molecule has 1 aromatic rings. The van der Waals surface area contributed by atoms with E-state index in [1.165, 1.54) is 5.56 Å². The zero-order chi connectivity index (χ0) is 13.9. The number of carbonyl (C=O) groups is 1. The molecule has 1 fully saturated rings. The quantitative estimate of drug-likeness (QED) is 0.896. The molecule has 0 aliphatic carbocycles. The molecule has 2 rings (SSSR count). The van der Waals surface area contributed by atoms with Gasteiger partial charge in [0.1, 0.15) is 0 Å². The Morgan fingerprint density at radius 1 is 1.45 bits per heavy atom. The van der Waals surface area contributed by atoms with Gasteiger partial charge in [0.2, 0.25) is 5.91 Å². The highest BCUT2D eigenvalue weighted by Gasteiger charge is 2.34. The number of amides is 1. The van der Waals surface area contributed by atoms with Crippen molar-refractivity contribution in [3.8, 4) is 0 Å². The third-order valence-electron chi connectivity index (χ3n) is 3.97. The summed E-state index contributed by atoms with van der Waals surface area (Å²) in [4.78, 5) is 14.2. The fourth-order valence-electron chi connectivity index (χ4n) is 2.50. The minimum absolute atomic E-state index is 0. The van der Waals surface area contributed by atoms with Crippen LogP contribution in [0.2, 0.25) is 0 Å². The molecule has 5 heteroatoms. The van der Waals surface area contributed by atoms with Gasteiger partial charge in [-0.2, -0.15) is 0 Å². The monoisotopic (exact) mass is 360 g/mol. The zero-order valence-corrected chi connectivity index (χ0v) is 14.2. The van der Waals surface area contributed by atoms with Crippen LogP contribution in [0.3, 0.4) is 0 Å². The number of nitrogens with zero attached hydrogens (tertiary/aromatic N) is 1. The Hall–Kier alpha value is -0.580. The van der Waals surface area contributed by atoms with Gasteiger partial charge in [0.05, 0.1) is 0 Å². The van der Waals surface area contributed by atoms with E-state index in [4.69, 9.17) is 5.73 Å². The Morgan fingerprint density at radius 2 is 2.15 bits per heavy atom. The van der Waals surface area contributed by atoms with Crippen molar-refractivity contribution in [3.05, 3.63) is 34.3 Å². The van der Waals surface area contributed by atoms with Gasteiger partial charge in [-0.15, -0.1) is 12.4 Å². The standard InChI is InChI=1S/C15H21BrN2O.ClH/c1-15(10-17)8-9-18(11-15)14(19)7-6-12-4-2-3-5-13(12)16;/h2-5H,6-11,17H2,1H3;1H. The summed E-state index contributed by atoms with van der Waals surface area (Å²) in [7, 11) is 0. The van der Waals surface area contributed by atoms with E-state index >= 15 is 0 Å². The second kappa shape index (κ2) is 7.43. The maximum Gasteiger partial charge on any atom is 0.222 e. The molecule has 1 aliphatic rings. The second-order valence-corrected chi connectivity index (χ2v) is 6.53. The predicted molar refractivity (Wildman–Crippen MR) is 88.1 cm³/mol. The number of rotatable bonds is 4. The van der Waals surface area contributed by atoms with Crippen LogP contribution in [0.15, 0.2) is 28.7 Å². The summed E-state index contributed by atoms with van der Waals surface area (Å²) in [5.74, 6) is 0.243. The summed E-state index contributed by atoms with van der Waals surface area (Å²) in [6, 6.07) is 8.07. The summed E-state index contributed by atoms with van der Waals surface area (Å²) in [6.45, 7) is 4.47. The number of hydrogen-bond donors (Lipinski definition) is 1. The van der Waals surface area contributed by atoms with Crippen molar-refractivity contribution in [1.29, 1.82) is 0 Å². The van der Waals surface area contributed by atoms with Crippen LogP contribution in [0.1, 0.15) is 25.3 Å². The van der Waals surface area contributed by atoms with E-state index in [0.717, 1.165) is 30.4 Å². The van der Waals surface area contributed by atoms with Gasteiger partial charge in [-0.1, -0.05) is 41.1 Å². The fourth-order valence-corrected chi connectivity index (χ4v) is 2.99. The molecule has 1 atom stereocenters. The molecule has 1 aliphatic heterocycles. The van der Waals surface area contributed by atoms with Gasteiger partial charge in [-0.05, 0) is 36.4 Å². The van der Waals surface area contributed by atoms with Crippen molar-refractivity contribution in [1.82, 2.24) is 4.90 Å². The topological polar surface area (TPSA) is 46.3 Å². The Labute approximate surface area is 135 Å². The maximum atomic E-state index is 12.2. The van der Waals surface area contributed by atoms with Gasteiger partial charge < -0.3 is 10.6 Å². The summed E-state index contributed by atoms with van der Waals surface area (Å²) in [6.07, 6.45) is 2.38. The van der Waals surface area contributed by atoms with Gasteiger partial charge in [0.25, 0.3) is 0 Å². The normalized spacial score (nSPS) is 21.6. The number of likely N-dealkylation sites (tertiary alicyclic amines) is 1. The lowest BCUT2D eigenvalue weighted by Crippen LogP contribution is -2.34. The molecule has 0 spiro atoms. The number of aryl methyl sites for hydroxylation is 1. The minimum Gasteiger partial charge on any atom is -0.342 e. The van der Waals surface area contributed by atoms with E-state index in [-0.39, 0.29) is 23.7 Å². The number of carbonyl (C=O) groups excluding carboxylic acids is 1. The highest BCUT2D eigenvalue weighted by molar-refractivity contribution is 9.10. The molecule has 0 bridgehead atoms. The van der Waals surface area contributed by atoms with Crippen LogP contribution in [-0.4, -0.2) is 30.4 Å². The van der Waals surface area contributed by atoms with Crippen LogP contribution in [0.4, 0.5) is 0 Å². The smallest absolute Gasteiger partial charge is 0.222 e. The first kappa shape index (κ1) is 17.5. The van der Waals surface area contributed by atoms with Crippen molar-refractivity contribution >= 4 is 34.2 Å². The molecule has 112 valence electrons. The lowest BCUT2D eigenvalue weighted by molar-refractivity contribution is -0.130. The molecule has 3 nitrogen and oxygen atoms in total. The predicted octanol–water partition coefficient (Wildman–Crippen LogP) is 3.00. The van der Waals surface area contributed by atoms with Crippen molar-refractivity contribution in [2.45, 2.75) is 26.2 Å². The molecule has 0 aromatic heterocycles. The second-order valence-electron chi connectivity index (χ2n) is 5.67. The lowest BCUT2D eigenvalue weighted by Gasteiger charge is -2.22. The van der Waals surface area contributed by atoms with Gasteiger partial charge in [-0.25, -0.2) is 0 Å². The van der Waals surface area contributed by atoms with E-state index in [9.17, 15) is 4.79 Å².